The Hall–Kier alpha value is -1.92. The number of benzene rings is 1. The van der Waals surface area contributed by atoms with Crippen LogP contribution < -0.4 is 4.80 Å². The topological polar surface area (TPSA) is 105 Å². The molecule has 2 N–H and O–H groups in total. The molecule has 1 aromatic carbocycles. The third-order valence-corrected chi connectivity index (χ3v) is 5.63. The van der Waals surface area contributed by atoms with Gasteiger partial charge in [-0.15, -0.1) is 0 Å². The van der Waals surface area contributed by atoms with E-state index < -0.39 is 15.6 Å². The Labute approximate surface area is 163 Å². The van der Waals surface area contributed by atoms with E-state index in [9.17, 15) is 18.3 Å². The molecular formula is C16H20F3N3O4S2. The summed E-state index contributed by atoms with van der Waals surface area (Å²) in [4.78, 5) is 5.77. The minimum absolute atomic E-state index is 0.270. The first-order valence-corrected chi connectivity index (χ1v) is 10.6. The summed E-state index contributed by atoms with van der Waals surface area (Å²) >= 11 is 1.55. The van der Waals surface area contributed by atoms with Gasteiger partial charge in [-0.25, -0.2) is 4.68 Å². The fourth-order valence-electron chi connectivity index (χ4n) is 2.59. The zero-order valence-corrected chi connectivity index (χ0v) is 16.6. The van der Waals surface area contributed by atoms with E-state index >= 15 is 0 Å². The molecule has 2 aromatic rings. The minimum Gasteiger partial charge on any atom is -0.507 e. The van der Waals surface area contributed by atoms with Crippen molar-refractivity contribution in [1.82, 2.24) is 9.78 Å². The van der Waals surface area contributed by atoms with Gasteiger partial charge in [0.05, 0.1) is 11.6 Å². The summed E-state index contributed by atoms with van der Waals surface area (Å²) in [6.07, 6.45) is 6.27. The molecule has 0 saturated heterocycles. The molecule has 1 aromatic heterocycles. The van der Waals surface area contributed by atoms with E-state index in [4.69, 9.17) is 18.0 Å². The Morgan fingerprint density at radius 1 is 1.21 bits per heavy atom. The molecule has 1 heterocycles. The highest BCUT2D eigenvalue weighted by atomic mass is 32.2. The van der Waals surface area contributed by atoms with Crippen LogP contribution in [-0.2, 0) is 17.2 Å². The fourth-order valence-corrected chi connectivity index (χ4v) is 3.59. The second kappa shape index (κ2) is 9.05. The van der Waals surface area contributed by atoms with Crippen LogP contribution in [0.3, 0.4) is 0 Å². The molecule has 1 saturated carbocycles. The first kappa shape index (κ1) is 22.4. The molecule has 156 valence electrons. The highest BCUT2D eigenvalue weighted by molar-refractivity contribution is 7.86. The number of hydrogen-bond acceptors (Lipinski definition) is 6. The fraction of sp³-hybridized carbons (Fsp3) is 0.500. The normalized spacial score (nSPS) is 16.5. The molecule has 1 fully saturated rings. The van der Waals surface area contributed by atoms with Gasteiger partial charge in [0.1, 0.15) is 5.75 Å². The molecule has 0 spiro atoms. The van der Waals surface area contributed by atoms with Gasteiger partial charge in [0, 0.05) is 7.05 Å². The van der Waals surface area contributed by atoms with E-state index in [1.54, 1.807) is 17.4 Å². The van der Waals surface area contributed by atoms with Gasteiger partial charge in [-0.3, -0.25) is 9.55 Å². The van der Waals surface area contributed by atoms with Crippen LogP contribution in [0.25, 0.3) is 10.6 Å². The SMILES string of the molecule is Cn1nc(-c2ccccc2O)sc1=NC1CCCCC1.O=S(=O)(O)C(F)(F)F. The number of nitrogens with zero attached hydrogens (tertiary/aromatic N) is 3. The monoisotopic (exact) mass is 439 g/mol. The van der Waals surface area contributed by atoms with Crippen LogP contribution in [0.1, 0.15) is 32.1 Å². The molecule has 0 radical (unpaired) electrons. The van der Waals surface area contributed by atoms with E-state index in [-0.39, 0.29) is 5.75 Å². The van der Waals surface area contributed by atoms with Crippen molar-refractivity contribution in [2.24, 2.45) is 12.0 Å². The number of aryl methyl sites for hydroxylation is 1. The number of phenolic OH excluding ortho intramolecular Hbond substituents is 1. The van der Waals surface area contributed by atoms with Crippen molar-refractivity contribution in [3.63, 3.8) is 0 Å². The lowest BCUT2D eigenvalue weighted by Gasteiger charge is -2.16. The third kappa shape index (κ3) is 6.04. The summed E-state index contributed by atoms with van der Waals surface area (Å²) in [5, 5.41) is 15.2. The zero-order valence-electron chi connectivity index (χ0n) is 14.9. The van der Waals surface area contributed by atoms with Crippen LogP contribution in [0, 0.1) is 0 Å². The maximum absolute atomic E-state index is 10.7. The van der Waals surface area contributed by atoms with Gasteiger partial charge in [0.2, 0.25) is 4.80 Å². The average molecular weight is 439 g/mol. The number of hydrogen-bond donors (Lipinski definition) is 2. The Morgan fingerprint density at radius 2 is 1.79 bits per heavy atom. The average Bonchev–Trinajstić information content (AvgIpc) is 2.95. The number of rotatable bonds is 2. The van der Waals surface area contributed by atoms with Crippen LogP contribution in [0.4, 0.5) is 13.2 Å². The molecule has 12 heteroatoms. The Bertz CT molecular complexity index is 962. The van der Waals surface area contributed by atoms with E-state index in [1.807, 2.05) is 29.9 Å². The van der Waals surface area contributed by atoms with Gasteiger partial charge in [0.15, 0.2) is 5.01 Å². The van der Waals surface area contributed by atoms with Crippen molar-refractivity contribution in [3.05, 3.63) is 29.1 Å². The summed E-state index contributed by atoms with van der Waals surface area (Å²) in [6.45, 7) is 0. The molecule has 0 bridgehead atoms. The lowest BCUT2D eigenvalue weighted by molar-refractivity contribution is -0.0510. The van der Waals surface area contributed by atoms with Crippen LogP contribution in [-0.4, -0.2) is 39.4 Å². The summed E-state index contributed by atoms with van der Waals surface area (Å²) in [5.74, 6) is 0.270. The summed E-state index contributed by atoms with van der Waals surface area (Å²) in [6, 6.07) is 7.74. The number of para-hydroxylation sites is 1. The zero-order chi connectivity index (χ0) is 20.9. The van der Waals surface area contributed by atoms with E-state index in [2.05, 4.69) is 5.10 Å². The predicted octanol–water partition coefficient (Wildman–Crippen LogP) is 3.48. The molecule has 0 unspecified atom stereocenters. The number of alkyl halides is 3. The molecule has 1 aliphatic carbocycles. The van der Waals surface area contributed by atoms with Crippen molar-refractivity contribution >= 4 is 21.5 Å². The number of aromatic hydroxyl groups is 1. The number of halogens is 3. The van der Waals surface area contributed by atoms with E-state index in [1.165, 1.54) is 32.1 Å². The highest BCUT2D eigenvalue weighted by Crippen LogP contribution is 2.28. The van der Waals surface area contributed by atoms with Gasteiger partial charge in [-0.05, 0) is 25.0 Å². The lowest BCUT2D eigenvalue weighted by atomic mass is 9.96. The molecule has 28 heavy (non-hydrogen) atoms. The highest BCUT2D eigenvalue weighted by Gasteiger charge is 2.44. The van der Waals surface area contributed by atoms with Crippen molar-refractivity contribution in [2.75, 3.05) is 0 Å². The quantitative estimate of drug-likeness (QED) is 0.551. The van der Waals surface area contributed by atoms with Crippen LogP contribution >= 0.6 is 11.3 Å². The summed E-state index contributed by atoms with van der Waals surface area (Å²) in [7, 11) is -3.92. The second-order valence-electron chi connectivity index (χ2n) is 6.17. The molecule has 0 aliphatic heterocycles. The third-order valence-electron chi connectivity index (χ3n) is 4.00. The predicted molar refractivity (Wildman–Crippen MR) is 98.2 cm³/mol. The van der Waals surface area contributed by atoms with E-state index in [0.717, 1.165) is 15.4 Å². The summed E-state index contributed by atoms with van der Waals surface area (Å²) < 4.78 is 59.4. The van der Waals surface area contributed by atoms with Crippen LogP contribution in [0.2, 0.25) is 0 Å². The molecule has 7 nitrogen and oxygen atoms in total. The maximum Gasteiger partial charge on any atom is 0.522 e. The largest absolute Gasteiger partial charge is 0.522 e. The van der Waals surface area contributed by atoms with Crippen molar-refractivity contribution in [2.45, 2.75) is 43.7 Å². The number of phenols is 1. The first-order chi connectivity index (χ1) is 13.0. The minimum atomic E-state index is -5.84. The first-order valence-electron chi connectivity index (χ1n) is 8.39. The van der Waals surface area contributed by atoms with Gasteiger partial charge in [0.25, 0.3) is 0 Å². The van der Waals surface area contributed by atoms with Crippen molar-refractivity contribution in [3.8, 4) is 16.3 Å². The van der Waals surface area contributed by atoms with E-state index in [0.29, 0.717) is 6.04 Å². The second-order valence-corrected chi connectivity index (χ2v) is 8.54. The molecule has 0 amide bonds. The van der Waals surface area contributed by atoms with Gasteiger partial charge < -0.3 is 5.11 Å². The molecule has 3 rings (SSSR count). The Morgan fingerprint density at radius 3 is 2.32 bits per heavy atom. The molecule has 1 aliphatic rings. The van der Waals surface area contributed by atoms with Crippen molar-refractivity contribution < 1.29 is 31.2 Å². The van der Waals surface area contributed by atoms with Gasteiger partial charge in [-0.1, -0.05) is 42.7 Å². The van der Waals surface area contributed by atoms with Crippen LogP contribution in [0.5, 0.6) is 5.75 Å². The lowest BCUT2D eigenvalue weighted by Crippen LogP contribution is -2.21. The number of aromatic nitrogens is 2. The maximum atomic E-state index is 10.7. The Kier molecular flexibility index (Phi) is 7.23. The van der Waals surface area contributed by atoms with Gasteiger partial charge >= 0.3 is 15.6 Å². The molecule has 0 atom stereocenters. The summed E-state index contributed by atoms with van der Waals surface area (Å²) in [5.41, 5.74) is -4.76. The van der Waals surface area contributed by atoms with Crippen LogP contribution in [0.15, 0.2) is 29.3 Å². The smallest absolute Gasteiger partial charge is 0.507 e. The Balaban J connectivity index is 0.000000300. The van der Waals surface area contributed by atoms with Gasteiger partial charge in [-0.2, -0.15) is 26.7 Å². The van der Waals surface area contributed by atoms with Crippen molar-refractivity contribution in [1.29, 1.82) is 0 Å². The standard InChI is InChI=1S/C15H19N3OS.CHF3O3S/c1-18-15(16-11-7-3-2-4-8-11)20-14(17-18)12-9-5-6-10-13(12)19;2-1(3,4)8(5,6)7/h5-6,9-11,19H,2-4,7-8H2,1H3;(H,5,6,7). The molecular weight excluding hydrogens is 419 g/mol.